The first-order valence-electron chi connectivity index (χ1n) is 7.63. The van der Waals surface area contributed by atoms with Gasteiger partial charge in [-0.3, -0.25) is 0 Å². The van der Waals surface area contributed by atoms with Gasteiger partial charge in [0.2, 0.25) is 0 Å². The molecule has 0 amide bonds. The second-order valence-electron chi connectivity index (χ2n) is 5.92. The van der Waals surface area contributed by atoms with Gasteiger partial charge in [-0.1, -0.05) is 48.5 Å². The molecule has 0 aliphatic heterocycles. The summed E-state index contributed by atoms with van der Waals surface area (Å²) in [6.45, 7) is 0.995. The molecule has 2 aromatic carbocycles. The molecule has 0 bridgehead atoms. The number of aliphatic hydroxyl groups excluding tert-OH is 1. The Bertz CT molecular complexity index is 746. The maximum Gasteiger partial charge on any atom is 0.157 e. The van der Waals surface area contributed by atoms with Gasteiger partial charge in [-0.15, -0.1) is 0 Å². The Kier molecular flexibility index (Phi) is 4.27. The summed E-state index contributed by atoms with van der Waals surface area (Å²) in [6, 6.07) is 18.1. The van der Waals surface area contributed by atoms with Crippen LogP contribution >= 0.6 is 0 Å². The first kappa shape index (κ1) is 14.8. The number of aromatic nitrogens is 1. The Hall–Kier alpha value is -2.10. The molecular weight excluding hydrogens is 272 g/mol. The predicted octanol–water partition coefficient (Wildman–Crippen LogP) is 3.28. The monoisotopic (exact) mass is 294 g/mol. The number of hydrogen-bond acceptors (Lipinski definition) is 2. The molecule has 0 fully saturated rings. The first-order chi connectivity index (χ1) is 10.7. The average Bonchev–Trinajstić information content (AvgIpc) is 2.92. The summed E-state index contributed by atoms with van der Waals surface area (Å²) >= 11 is 0. The molecule has 0 aliphatic rings. The highest BCUT2D eigenvalue weighted by Crippen LogP contribution is 2.27. The normalized spacial score (nSPS) is 12.9. The van der Waals surface area contributed by atoms with Crippen LogP contribution in [-0.4, -0.2) is 35.2 Å². The summed E-state index contributed by atoms with van der Waals surface area (Å²) in [6.07, 6.45) is 2.41. The van der Waals surface area contributed by atoms with E-state index in [4.69, 9.17) is 0 Å². The standard InChI is InChI=1S/C19H22N2O/c1-20(2)13-12-16-14-21(18-11-7-6-10-17(16)18)19(22)15-8-4-3-5-9-15/h3-11,14,19,22H,12-13H2,1-2H3. The highest BCUT2D eigenvalue weighted by Gasteiger charge is 2.15. The lowest BCUT2D eigenvalue weighted by molar-refractivity contribution is 0.151. The highest BCUT2D eigenvalue weighted by atomic mass is 16.3. The third kappa shape index (κ3) is 2.91. The van der Waals surface area contributed by atoms with Crippen LogP contribution in [0, 0.1) is 0 Å². The van der Waals surface area contributed by atoms with E-state index in [-0.39, 0.29) is 0 Å². The fourth-order valence-electron chi connectivity index (χ4n) is 2.81. The molecule has 0 aliphatic carbocycles. The topological polar surface area (TPSA) is 28.4 Å². The molecule has 22 heavy (non-hydrogen) atoms. The lowest BCUT2D eigenvalue weighted by Gasteiger charge is -2.14. The largest absolute Gasteiger partial charge is 0.369 e. The van der Waals surface area contributed by atoms with Crippen LogP contribution in [0.5, 0.6) is 0 Å². The Morgan fingerprint density at radius 1 is 1.00 bits per heavy atom. The summed E-state index contributed by atoms with van der Waals surface area (Å²) < 4.78 is 1.97. The van der Waals surface area contributed by atoms with E-state index in [2.05, 4.69) is 43.4 Å². The van der Waals surface area contributed by atoms with Crippen molar-refractivity contribution in [3.63, 3.8) is 0 Å². The van der Waals surface area contributed by atoms with Gasteiger partial charge in [0.15, 0.2) is 6.23 Å². The Labute approximate surface area is 131 Å². The minimum absolute atomic E-state index is 0.654. The van der Waals surface area contributed by atoms with Crippen molar-refractivity contribution in [1.82, 2.24) is 9.47 Å². The number of nitrogens with zero attached hydrogens (tertiary/aromatic N) is 2. The SMILES string of the molecule is CN(C)CCc1cn(C(O)c2ccccc2)c2ccccc12. The summed E-state index contributed by atoms with van der Waals surface area (Å²) in [7, 11) is 4.16. The van der Waals surface area contributed by atoms with Crippen molar-refractivity contribution in [2.24, 2.45) is 0 Å². The van der Waals surface area contributed by atoms with Crippen LogP contribution in [0.15, 0.2) is 60.8 Å². The van der Waals surface area contributed by atoms with Crippen LogP contribution in [0.25, 0.3) is 10.9 Å². The zero-order valence-corrected chi connectivity index (χ0v) is 13.1. The number of para-hydroxylation sites is 1. The second-order valence-corrected chi connectivity index (χ2v) is 5.92. The summed E-state index contributed by atoms with van der Waals surface area (Å²) in [5, 5.41) is 12.0. The minimum Gasteiger partial charge on any atom is -0.369 e. The van der Waals surface area contributed by atoms with Crippen molar-refractivity contribution in [1.29, 1.82) is 0 Å². The number of aliphatic hydroxyl groups is 1. The number of likely N-dealkylation sites (N-methyl/N-ethyl adjacent to an activating group) is 1. The number of fused-ring (bicyclic) bond motifs is 1. The lowest BCUT2D eigenvalue weighted by atomic mass is 10.1. The van der Waals surface area contributed by atoms with Crippen molar-refractivity contribution in [3.05, 3.63) is 71.9 Å². The van der Waals surface area contributed by atoms with Crippen molar-refractivity contribution in [2.45, 2.75) is 12.6 Å². The van der Waals surface area contributed by atoms with Crippen molar-refractivity contribution >= 4 is 10.9 Å². The summed E-state index contributed by atoms with van der Waals surface area (Å²) in [5.41, 5.74) is 3.26. The number of benzene rings is 2. The molecule has 0 saturated carbocycles. The zero-order chi connectivity index (χ0) is 15.5. The van der Waals surface area contributed by atoms with E-state index in [1.807, 2.05) is 41.0 Å². The van der Waals surface area contributed by atoms with Crippen molar-refractivity contribution < 1.29 is 5.11 Å². The van der Waals surface area contributed by atoms with E-state index in [1.165, 1.54) is 10.9 Å². The molecule has 1 atom stereocenters. The van der Waals surface area contributed by atoms with E-state index < -0.39 is 6.23 Å². The van der Waals surface area contributed by atoms with Gasteiger partial charge in [0.1, 0.15) is 0 Å². The fraction of sp³-hybridized carbons (Fsp3) is 0.263. The van der Waals surface area contributed by atoms with Gasteiger partial charge in [0.25, 0.3) is 0 Å². The van der Waals surface area contributed by atoms with E-state index >= 15 is 0 Å². The maximum atomic E-state index is 10.7. The molecule has 1 aromatic heterocycles. The fourth-order valence-corrected chi connectivity index (χ4v) is 2.81. The molecule has 1 N–H and O–H groups in total. The van der Waals surface area contributed by atoms with E-state index in [1.54, 1.807) is 0 Å². The highest BCUT2D eigenvalue weighted by molar-refractivity contribution is 5.84. The molecule has 3 aromatic rings. The smallest absolute Gasteiger partial charge is 0.157 e. The molecule has 3 heteroatoms. The van der Waals surface area contributed by atoms with Gasteiger partial charge in [0, 0.05) is 23.7 Å². The maximum absolute atomic E-state index is 10.7. The van der Waals surface area contributed by atoms with Gasteiger partial charge in [-0.25, -0.2) is 0 Å². The third-order valence-corrected chi connectivity index (χ3v) is 4.01. The zero-order valence-electron chi connectivity index (χ0n) is 13.1. The van der Waals surface area contributed by atoms with Crippen LogP contribution < -0.4 is 0 Å². The predicted molar refractivity (Wildman–Crippen MR) is 91.0 cm³/mol. The van der Waals surface area contributed by atoms with Crippen LogP contribution in [-0.2, 0) is 6.42 Å². The average molecular weight is 294 g/mol. The van der Waals surface area contributed by atoms with Crippen LogP contribution in [0.4, 0.5) is 0 Å². The lowest BCUT2D eigenvalue weighted by Crippen LogP contribution is -2.15. The van der Waals surface area contributed by atoms with E-state index in [0.29, 0.717) is 0 Å². The Morgan fingerprint density at radius 3 is 2.41 bits per heavy atom. The van der Waals surface area contributed by atoms with Crippen LogP contribution in [0.3, 0.4) is 0 Å². The molecular formula is C19H22N2O. The minimum atomic E-state index is -0.654. The van der Waals surface area contributed by atoms with Gasteiger partial charge in [0.05, 0.1) is 5.52 Å². The van der Waals surface area contributed by atoms with Crippen molar-refractivity contribution in [3.8, 4) is 0 Å². The molecule has 0 saturated heterocycles. The Balaban J connectivity index is 2.02. The molecule has 3 rings (SSSR count). The van der Waals surface area contributed by atoms with Crippen LogP contribution in [0.2, 0.25) is 0 Å². The second kappa shape index (κ2) is 6.34. The molecule has 1 unspecified atom stereocenters. The summed E-state index contributed by atoms with van der Waals surface area (Å²) in [5.74, 6) is 0. The van der Waals surface area contributed by atoms with E-state index in [0.717, 1.165) is 24.0 Å². The van der Waals surface area contributed by atoms with E-state index in [9.17, 15) is 5.11 Å². The number of rotatable bonds is 5. The quantitative estimate of drug-likeness (QED) is 0.782. The molecule has 0 spiro atoms. The Morgan fingerprint density at radius 2 is 1.68 bits per heavy atom. The summed E-state index contributed by atoms with van der Waals surface area (Å²) in [4.78, 5) is 2.18. The van der Waals surface area contributed by atoms with Gasteiger partial charge in [-0.05, 0) is 32.1 Å². The first-order valence-corrected chi connectivity index (χ1v) is 7.63. The molecule has 0 radical (unpaired) electrons. The molecule has 1 heterocycles. The molecule has 114 valence electrons. The van der Waals surface area contributed by atoms with Crippen LogP contribution in [0.1, 0.15) is 17.4 Å². The third-order valence-electron chi connectivity index (χ3n) is 4.01. The van der Waals surface area contributed by atoms with Gasteiger partial charge >= 0.3 is 0 Å². The number of hydrogen-bond donors (Lipinski definition) is 1. The van der Waals surface area contributed by atoms with Gasteiger partial charge < -0.3 is 14.6 Å². The molecule has 3 nitrogen and oxygen atoms in total. The van der Waals surface area contributed by atoms with Crippen molar-refractivity contribution in [2.75, 3.05) is 20.6 Å². The van der Waals surface area contributed by atoms with Gasteiger partial charge in [-0.2, -0.15) is 0 Å².